The summed E-state index contributed by atoms with van der Waals surface area (Å²) in [5.41, 5.74) is 3.35. The van der Waals surface area contributed by atoms with Crippen LogP contribution in [-0.4, -0.2) is 16.9 Å². The molecule has 0 radical (unpaired) electrons. The van der Waals surface area contributed by atoms with Crippen LogP contribution in [0.4, 0.5) is 0 Å². The van der Waals surface area contributed by atoms with Gasteiger partial charge in [0.1, 0.15) is 18.1 Å². The molecular weight excluding hydrogens is 376 g/mol. The van der Waals surface area contributed by atoms with Crippen LogP contribution in [0.5, 0.6) is 5.75 Å². The summed E-state index contributed by atoms with van der Waals surface area (Å²) in [5.74, 6) is 0.314. The molecule has 0 spiro atoms. The lowest BCUT2D eigenvalue weighted by atomic mass is 9.54. The van der Waals surface area contributed by atoms with Gasteiger partial charge in [-0.3, -0.25) is 9.59 Å². The fraction of sp³-hybridized carbons (Fsp3) is 0.462. The van der Waals surface area contributed by atoms with E-state index < -0.39 is 17.3 Å². The molecule has 1 N–H and O–H groups in total. The molecule has 3 aliphatic carbocycles. The predicted octanol–water partition coefficient (Wildman–Crippen LogP) is 5.00. The molecule has 30 heavy (non-hydrogen) atoms. The summed E-state index contributed by atoms with van der Waals surface area (Å²) in [4.78, 5) is 24.6. The molecule has 0 bridgehead atoms. The van der Waals surface area contributed by atoms with E-state index in [0.29, 0.717) is 12.5 Å². The maximum Gasteiger partial charge on any atom is 0.307 e. The zero-order valence-electron chi connectivity index (χ0n) is 17.3. The van der Waals surface area contributed by atoms with Crippen molar-refractivity contribution in [3.63, 3.8) is 0 Å². The van der Waals surface area contributed by atoms with Crippen LogP contribution in [0.3, 0.4) is 0 Å². The average molecular weight is 405 g/mol. The molecule has 2 aromatic rings. The third-order valence-corrected chi connectivity index (χ3v) is 7.99. The van der Waals surface area contributed by atoms with E-state index in [9.17, 15) is 14.7 Å². The Labute approximate surface area is 177 Å². The van der Waals surface area contributed by atoms with Crippen molar-refractivity contribution in [1.82, 2.24) is 0 Å². The first-order chi connectivity index (χ1) is 14.5. The van der Waals surface area contributed by atoms with E-state index in [2.05, 4.69) is 24.3 Å². The molecule has 0 heterocycles. The van der Waals surface area contributed by atoms with Crippen molar-refractivity contribution >= 4 is 11.8 Å². The summed E-state index contributed by atoms with van der Waals surface area (Å²) in [7, 11) is 0. The Morgan fingerprint density at radius 2 is 1.97 bits per heavy atom. The van der Waals surface area contributed by atoms with Crippen LogP contribution >= 0.6 is 0 Å². The van der Waals surface area contributed by atoms with Crippen LogP contribution in [0, 0.1) is 23.2 Å². The van der Waals surface area contributed by atoms with Gasteiger partial charge in [-0.05, 0) is 72.3 Å². The molecule has 0 saturated heterocycles. The molecule has 3 aliphatic rings. The van der Waals surface area contributed by atoms with Crippen LogP contribution in [0.25, 0.3) is 0 Å². The number of Topliss-reactive ketones (excluding diaryl/α,β-unsaturated/α-hetero) is 1. The number of aryl methyl sites for hydroxylation is 1. The maximum absolute atomic E-state index is 12.7. The minimum absolute atomic E-state index is 0.0385. The van der Waals surface area contributed by atoms with E-state index in [-0.39, 0.29) is 24.0 Å². The Hall–Kier alpha value is -2.62. The van der Waals surface area contributed by atoms with E-state index in [0.717, 1.165) is 37.0 Å². The summed E-state index contributed by atoms with van der Waals surface area (Å²) in [6.07, 6.45) is 3.85. The number of ether oxygens (including phenoxy) is 1. The van der Waals surface area contributed by atoms with Gasteiger partial charge in [-0.2, -0.15) is 0 Å². The number of aliphatic carboxylic acids is 1. The largest absolute Gasteiger partial charge is 0.489 e. The fourth-order valence-corrected chi connectivity index (χ4v) is 6.51. The zero-order chi connectivity index (χ0) is 20.9. The number of benzene rings is 2. The van der Waals surface area contributed by atoms with E-state index in [1.54, 1.807) is 0 Å². The number of hydrogen-bond donors (Lipinski definition) is 1. The van der Waals surface area contributed by atoms with Gasteiger partial charge in [0.15, 0.2) is 0 Å². The Morgan fingerprint density at radius 3 is 2.73 bits per heavy atom. The lowest BCUT2D eigenvalue weighted by Crippen LogP contribution is -2.45. The van der Waals surface area contributed by atoms with Gasteiger partial charge in [-0.15, -0.1) is 0 Å². The first kappa shape index (κ1) is 19.3. The monoisotopic (exact) mass is 404 g/mol. The van der Waals surface area contributed by atoms with Crippen LogP contribution in [-0.2, 0) is 22.6 Å². The number of ketones is 1. The van der Waals surface area contributed by atoms with Crippen LogP contribution in [0.15, 0.2) is 48.5 Å². The van der Waals surface area contributed by atoms with Crippen molar-refractivity contribution in [2.75, 3.05) is 0 Å². The highest BCUT2D eigenvalue weighted by Crippen LogP contribution is 2.61. The van der Waals surface area contributed by atoms with E-state index in [4.69, 9.17) is 4.74 Å². The summed E-state index contributed by atoms with van der Waals surface area (Å²) >= 11 is 0. The lowest BCUT2D eigenvalue weighted by molar-refractivity contribution is -0.145. The summed E-state index contributed by atoms with van der Waals surface area (Å²) < 4.78 is 6.02. The standard InChI is InChI=1S/C26H28O4/c1-26-12-11-20-19-10-8-18(30-15-16-5-3-2-4-6-16)13-17(19)7-9-21(20)24(26)22(25(28)29)14-23(26)27/h2-6,8,10,13,20-22,24H,7,9,11-12,14-15H2,1H3,(H,28,29)/t20-,21-,22-,24-,26-/m1/s1. The van der Waals surface area contributed by atoms with Crippen LogP contribution < -0.4 is 4.74 Å². The van der Waals surface area contributed by atoms with Gasteiger partial charge in [0.05, 0.1) is 5.92 Å². The van der Waals surface area contributed by atoms with Crippen molar-refractivity contribution < 1.29 is 19.4 Å². The van der Waals surface area contributed by atoms with Gasteiger partial charge in [0, 0.05) is 11.8 Å². The topological polar surface area (TPSA) is 63.6 Å². The minimum Gasteiger partial charge on any atom is -0.489 e. The molecule has 156 valence electrons. The third kappa shape index (κ3) is 3.05. The molecule has 2 fully saturated rings. The fourth-order valence-electron chi connectivity index (χ4n) is 6.51. The van der Waals surface area contributed by atoms with Crippen molar-refractivity contribution in [2.24, 2.45) is 23.2 Å². The number of rotatable bonds is 4. The highest BCUT2D eigenvalue weighted by Gasteiger charge is 2.60. The van der Waals surface area contributed by atoms with Crippen molar-refractivity contribution in [3.05, 3.63) is 65.2 Å². The van der Waals surface area contributed by atoms with Gasteiger partial charge >= 0.3 is 5.97 Å². The molecule has 5 atom stereocenters. The smallest absolute Gasteiger partial charge is 0.307 e. The quantitative estimate of drug-likeness (QED) is 0.779. The second-order valence-corrected chi connectivity index (χ2v) is 9.50. The average Bonchev–Trinajstić information content (AvgIpc) is 3.04. The molecule has 4 heteroatoms. The Bertz CT molecular complexity index is 982. The third-order valence-electron chi connectivity index (χ3n) is 7.99. The highest BCUT2D eigenvalue weighted by molar-refractivity contribution is 5.92. The number of carbonyl (C=O) groups excluding carboxylic acids is 1. The first-order valence-corrected chi connectivity index (χ1v) is 11.0. The Kier molecular flexibility index (Phi) is 4.68. The van der Waals surface area contributed by atoms with E-state index in [1.807, 2.05) is 31.2 Å². The summed E-state index contributed by atoms with van der Waals surface area (Å²) in [6, 6.07) is 16.5. The normalized spacial score (nSPS) is 32.1. The summed E-state index contributed by atoms with van der Waals surface area (Å²) in [6.45, 7) is 2.57. The Balaban J connectivity index is 1.39. The second-order valence-electron chi connectivity index (χ2n) is 9.50. The molecule has 4 nitrogen and oxygen atoms in total. The molecule has 2 aromatic carbocycles. The SMILES string of the molecule is C[C@]12CC[C@@H]3c4ccc(OCc5ccccc5)cc4CC[C@H]3[C@@H]1[C@H](C(=O)O)CC2=O. The van der Waals surface area contributed by atoms with Crippen molar-refractivity contribution in [1.29, 1.82) is 0 Å². The number of carboxylic acids is 1. The maximum atomic E-state index is 12.7. The van der Waals surface area contributed by atoms with Crippen molar-refractivity contribution in [3.8, 4) is 5.75 Å². The lowest BCUT2D eigenvalue weighted by Gasteiger charge is -2.49. The Morgan fingerprint density at radius 1 is 1.17 bits per heavy atom. The van der Waals surface area contributed by atoms with E-state index in [1.165, 1.54) is 11.1 Å². The van der Waals surface area contributed by atoms with Crippen LogP contribution in [0.1, 0.15) is 55.2 Å². The molecule has 5 rings (SSSR count). The van der Waals surface area contributed by atoms with Gasteiger partial charge in [-0.1, -0.05) is 43.3 Å². The number of carbonyl (C=O) groups is 2. The predicted molar refractivity (Wildman–Crippen MR) is 113 cm³/mol. The van der Waals surface area contributed by atoms with Crippen molar-refractivity contribution in [2.45, 2.75) is 51.6 Å². The first-order valence-electron chi connectivity index (χ1n) is 11.0. The zero-order valence-corrected chi connectivity index (χ0v) is 17.3. The van der Waals surface area contributed by atoms with Gasteiger partial charge in [-0.25, -0.2) is 0 Å². The number of fused-ring (bicyclic) bond motifs is 5. The van der Waals surface area contributed by atoms with E-state index >= 15 is 0 Å². The van der Waals surface area contributed by atoms with Gasteiger partial charge in [0.25, 0.3) is 0 Å². The number of carboxylic acid groups (broad SMARTS) is 1. The summed E-state index contributed by atoms with van der Waals surface area (Å²) in [5, 5.41) is 9.79. The molecule has 0 aromatic heterocycles. The minimum atomic E-state index is -0.798. The molecule has 0 unspecified atom stereocenters. The highest BCUT2D eigenvalue weighted by atomic mass is 16.5. The van der Waals surface area contributed by atoms with Gasteiger partial charge in [0.2, 0.25) is 0 Å². The molecular formula is C26H28O4. The molecule has 0 aliphatic heterocycles. The second kappa shape index (κ2) is 7.26. The molecule has 0 amide bonds. The van der Waals surface area contributed by atoms with Crippen LogP contribution in [0.2, 0.25) is 0 Å². The molecule has 2 saturated carbocycles. The number of hydrogen-bond acceptors (Lipinski definition) is 3. The van der Waals surface area contributed by atoms with Gasteiger partial charge < -0.3 is 9.84 Å².